The SMILES string of the molecule is CCCCCN(C)C(c1ccc(OC)cc1)C(N)CC. The van der Waals surface area contributed by atoms with Crippen molar-refractivity contribution >= 4 is 0 Å². The van der Waals surface area contributed by atoms with E-state index >= 15 is 0 Å². The lowest BCUT2D eigenvalue weighted by Crippen LogP contribution is -2.39. The van der Waals surface area contributed by atoms with Crippen LogP contribution < -0.4 is 10.5 Å². The Bertz CT molecular complexity index is 364. The minimum atomic E-state index is 0.162. The first-order valence-corrected chi connectivity index (χ1v) is 7.73. The number of benzene rings is 1. The lowest BCUT2D eigenvalue weighted by Gasteiger charge is -2.33. The van der Waals surface area contributed by atoms with Gasteiger partial charge in [0.05, 0.1) is 7.11 Å². The van der Waals surface area contributed by atoms with Gasteiger partial charge >= 0.3 is 0 Å². The van der Waals surface area contributed by atoms with Crippen molar-refractivity contribution in [3.05, 3.63) is 29.8 Å². The second kappa shape index (κ2) is 8.98. The zero-order chi connectivity index (χ0) is 15.0. The molecule has 0 aromatic heterocycles. The van der Waals surface area contributed by atoms with Crippen LogP contribution in [0, 0.1) is 0 Å². The summed E-state index contributed by atoms with van der Waals surface area (Å²) in [5.74, 6) is 0.895. The first kappa shape index (κ1) is 17.0. The van der Waals surface area contributed by atoms with Crippen molar-refractivity contribution in [2.24, 2.45) is 5.73 Å². The number of hydrogen-bond donors (Lipinski definition) is 1. The summed E-state index contributed by atoms with van der Waals surface area (Å²) < 4.78 is 5.23. The van der Waals surface area contributed by atoms with E-state index in [9.17, 15) is 0 Å². The summed E-state index contributed by atoms with van der Waals surface area (Å²) >= 11 is 0. The Balaban J connectivity index is 2.81. The van der Waals surface area contributed by atoms with Gasteiger partial charge in [-0.1, -0.05) is 38.8 Å². The largest absolute Gasteiger partial charge is 0.497 e. The number of unbranched alkanes of at least 4 members (excludes halogenated alkanes) is 2. The van der Waals surface area contributed by atoms with Crippen molar-refractivity contribution in [2.75, 3.05) is 20.7 Å². The summed E-state index contributed by atoms with van der Waals surface area (Å²) in [6.45, 7) is 5.48. The maximum absolute atomic E-state index is 6.35. The summed E-state index contributed by atoms with van der Waals surface area (Å²) in [5, 5.41) is 0. The molecule has 0 bridgehead atoms. The summed E-state index contributed by atoms with van der Waals surface area (Å²) in [6.07, 6.45) is 4.74. The van der Waals surface area contributed by atoms with E-state index in [2.05, 4.69) is 37.9 Å². The van der Waals surface area contributed by atoms with Crippen molar-refractivity contribution in [3.63, 3.8) is 0 Å². The lowest BCUT2D eigenvalue weighted by atomic mass is 9.96. The highest BCUT2D eigenvalue weighted by molar-refractivity contribution is 5.30. The summed E-state index contributed by atoms with van der Waals surface area (Å²) in [6, 6.07) is 8.75. The predicted molar refractivity (Wildman–Crippen MR) is 86.2 cm³/mol. The lowest BCUT2D eigenvalue weighted by molar-refractivity contribution is 0.206. The second-order valence-electron chi connectivity index (χ2n) is 5.48. The molecule has 2 atom stereocenters. The van der Waals surface area contributed by atoms with Crippen LogP contribution in [0.1, 0.15) is 51.1 Å². The smallest absolute Gasteiger partial charge is 0.118 e. The van der Waals surface area contributed by atoms with E-state index < -0.39 is 0 Å². The third-order valence-electron chi connectivity index (χ3n) is 3.92. The van der Waals surface area contributed by atoms with Gasteiger partial charge in [0.25, 0.3) is 0 Å². The summed E-state index contributed by atoms with van der Waals surface area (Å²) in [4.78, 5) is 2.39. The molecule has 0 amide bonds. The Kier molecular flexibility index (Phi) is 7.63. The summed E-state index contributed by atoms with van der Waals surface area (Å²) in [5.41, 5.74) is 7.63. The maximum atomic E-state index is 6.35. The van der Waals surface area contributed by atoms with Gasteiger partial charge in [-0.05, 0) is 44.1 Å². The number of methoxy groups -OCH3 is 1. The Morgan fingerprint density at radius 1 is 1.15 bits per heavy atom. The highest BCUT2D eigenvalue weighted by atomic mass is 16.5. The third-order valence-corrected chi connectivity index (χ3v) is 3.92. The normalized spacial score (nSPS) is 14.3. The number of hydrogen-bond acceptors (Lipinski definition) is 3. The van der Waals surface area contributed by atoms with Gasteiger partial charge in [-0.3, -0.25) is 4.90 Å². The number of rotatable bonds is 9. The van der Waals surface area contributed by atoms with Crippen LogP contribution in [0.15, 0.2) is 24.3 Å². The van der Waals surface area contributed by atoms with Crippen LogP contribution in [-0.2, 0) is 0 Å². The van der Waals surface area contributed by atoms with E-state index in [1.807, 2.05) is 12.1 Å². The molecule has 0 aliphatic rings. The van der Waals surface area contributed by atoms with Gasteiger partial charge in [-0.2, -0.15) is 0 Å². The zero-order valence-electron chi connectivity index (χ0n) is 13.4. The van der Waals surface area contributed by atoms with Gasteiger partial charge < -0.3 is 10.5 Å². The van der Waals surface area contributed by atoms with Crippen LogP contribution in [-0.4, -0.2) is 31.6 Å². The number of nitrogens with two attached hydrogens (primary N) is 1. The van der Waals surface area contributed by atoms with Gasteiger partial charge in [-0.15, -0.1) is 0 Å². The monoisotopic (exact) mass is 278 g/mol. The van der Waals surface area contributed by atoms with Crippen LogP contribution in [0.5, 0.6) is 5.75 Å². The van der Waals surface area contributed by atoms with E-state index in [4.69, 9.17) is 10.5 Å². The van der Waals surface area contributed by atoms with Crippen LogP contribution in [0.2, 0.25) is 0 Å². The number of ether oxygens (including phenoxy) is 1. The van der Waals surface area contributed by atoms with Gasteiger partial charge in [0.2, 0.25) is 0 Å². The van der Waals surface area contributed by atoms with E-state index in [0.29, 0.717) is 0 Å². The first-order valence-electron chi connectivity index (χ1n) is 7.73. The van der Waals surface area contributed by atoms with Crippen molar-refractivity contribution in [1.82, 2.24) is 4.90 Å². The van der Waals surface area contributed by atoms with Gasteiger partial charge in [0, 0.05) is 12.1 Å². The van der Waals surface area contributed by atoms with Crippen molar-refractivity contribution < 1.29 is 4.74 Å². The third kappa shape index (κ3) is 4.80. The molecule has 0 saturated carbocycles. The topological polar surface area (TPSA) is 38.5 Å². The maximum Gasteiger partial charge on any atom is 0.118 e. The standard InChI is InChI=1S/C17H30N2O/c1-5-7-8-13-19(3)17(16(18)6-2)14-9-11-15(20-4)12-10-14/h9-12,16-17H,5-8,13,18H2,1-4H3. The molecular formula is C17H30N2O. The number of nitrogens with zero attached hydrogens (tertiary/aromatic N) is 1. The minimum absolute atomic E-state index is 0.162. The Morgan fingerprint density at radius 2 is 1.80 bits per heavy atom. The van der Waals surface area contributed by atoms with Crippen LogP contribution in [0.4, 0.5) is 0 Å². The molecule has 2 unspecified atom stereocenters. The van der Waals surface area contributed by atoms with E-state index in [1.165, 1.54) is 24.8 Å². The molecule has 0 radical (unpaired) electrons. The van der Waals surface area contributed by atoms with Crippen molar-refractivity contribution in [3.8, 4) is 5.75 Å². The number of likely N-dealkylation sites (N-methyl/N-ethyl adjacent to an activating group) is 1. The molecule has 0 saturated heterocycles. The van der Waals surface area contributed by atoms with E-state index in [-0.39, 0.29) is 12.1 Å². The Morgan fingerprint density at radius 3 is 2.30 bits per heavy atom. The van der Waals surface area contributed by atoms with Crippen molar-refractivity contribution in [2.45, 2.75) is 51.6 Å². The molecular weight excluding hydrogens is 248 g/mol. The van der Waals surface area contributed by atoms with Crippen molar-refractivity contribution in [1.29, 1.82) is 0 Å². The highest BCUT2D eigenvalue weighted by Crippen LogP contribution is 2.26. The van der Waals surface area contributed by atoms with Gasteiger partial charge in [0.1, 0.15) is 5.75 Å². The molecule has 1 aromatic carbocycles. The van der Waals surface area contributed by atoms with E-state index in [0.717, 1.165) is 18.7 Å². The molecule has 0 aliphatic carbocycles. The fourth-order valence-electron chi connectivity index (χ4n) is 2.60. The molecule has 114 valence electrons. The quantitative estimate of drug-likeness (QED) is 0.701. The van der Waals surface area contributed by atoms with Gasteiger partial charge in [-0.25, -0.2) is 0 Å². The van der Waals surface area contributed by atoms with Gasteiger partial charge in [0.15, 0.2) is 0 Å². The highest BCUT2D eigenvalue weighted by Gasteiger charge is 2.22. The van der Waals surface area contributed by atoms with Crippen LogP contribution in [0.25, 0.3) is 0 Å². The molecule has 20 heavy (non-hydrogen) atoms. The average molecular weight is 278 g/mol. The fraction of sp³-hybridized carbons (Fsp3) is 0.647. The summed E-state index contributed by atoms with van der Waals surface area (Å²) in [7, 11) is 3.88. The molecule has 1 rings (SSSR count). The fourth-order valence-corrected chi connectivity index (χ4v) is 2.60. The molecule has 0 heterocycles. The minimum Gasteiger partial charge on any atom is -0.497 e. The molecule has 3 heteroatoms. The molecule has 0 fully saturated rings. The Labute approximate surface area is 124 Å². The van der Waals surface area contributed by atoms with Crippen LogP contribution in [0.3, 0.4) is 0 Å². The molecule has 2 N–H and O–H groups in total. The molecule has 0 spiro atoms. The second-order valence-corrected chi connectivity index (χ2v) is 5.48. The Hall–Kier alpha value is -1.06. The first-order chi connectivity index (χ1) is 9.63. The van der Waals surface area contributed by atoms with Crippen LogP contribution >= 0.6 is 0 Å². The molecule has 1 aromatic rings. The molecule has 0 aliphatic heterocycles. The molecule has 3 nitrogen and oxygen atoms in total. The zero-order valence-corrected chi connectivity index (χ0v) is 13.4. The predicted octanol–water partition coefficient (Wildman–Crippen LogP) is 3.60. The average Bonchev–Trinajstić information content (AvgIpc) is 2.48. The van der Waals surface area contributed by atoms with E-state index in [1.54, 1.807) is 7.11 Å².